The smallest absolute Gasteiger partial charge is 0.0925 e. The minimum absolute atomic E-state index is 0.623. The van der Waals surface area contributed by atoms with E-state index in [4.69, 9.17) is 0 Å². The van der Waals surface area contributed by atoms with E-state index in [0.29, 0.717) is 6.04 Å². The van der Waals surface area contributed by atoms with Crippen LogP contribution in [-0.4, -0.2) is 6.04 Å². The number of hydrogen-bond acceptors (Lipinski definition) is 0. The zero-order valence-corrected chi connectivity index (χ0v) is 6.01. The first-order chi connectivity index (χ1) is 4.86. The molecule has 1 aromatic rings. The van der Waals surface area contributed by atoms with Crippen LogP contribution in [0, 0.1) is 0 Å². The fourth-order valence-corrected chi connectivity index (χ4v) is 1.65. The summed E-state index contributed by atoms with van der Waals surface area (Å²) in [4.78, 5) is 0. The highest BCUT2D eigenvalue weighted by atomic mass is 14.6. The highest BCUT2D eigenvalue weighted by molar-refractivity contribution is 5.32. The molecule has 3 N–H and O–H groups in total. The van der Waals surface area contributed by atoms with Crippen LogP contribution < -0.4 is 5.73 Å². The molecule has 0 amide bonds. The predicted octanol–water partition coefficient (Wildman–Crippen LogP) is 0.396. The van der Waals surface area contributed by atoms with Crippen molar-refractivity contribution in [3.8, 4) is 0 Å². The first-order valence-corrected chi connectivity index (χ1v) is 3.76. The Balaban J connectivity index is 2.42. The maximum atomic E-state index is 4.05. The lowest BCUT2D eigenvalue weighted by atomic mass is 10.1. The molecule has 1 aliphatic carbocycles. The second-order valence-electron chi connectivity index (χ2n) is 3.04. The van der Waals surface area contributed by atoms with Crippen LogP contribution in [-0.2, 0) is 12.8 Å². The van der Waals surface area contributed by atoms with E-state index in [-0.39, 0.29) is 0 Å². The topological polar surface area (TPSA) is 27.6 Å². The Hall–Kier alpha value is -0.820. The number of quaternary nitrogens is 1. The fraction of sp³-hybridized carbons (Fsp3) is 0.333. The molecule has 0 fully saturated rings. The number of hydrogen-bond donors (Lipinski definition) is 1. The molecule has 52 valence electrons. The molecule has 1 aliphatic rings. The largest absolute Gasteiger partial charge is 0.355 e. The van der Waals surface area contributed by atoms with Crippen molar-refractivity contribution >= 4 is 0 Å². The summed E-state index contributed by atoms with van der Waals surface area (Å²) in [7, 11) is 0. The highest BCUT2D eigenvalue weighted by Gasteiger charge is 2.19. The first-order valence-electron chi connectivity index (χ1n) is 3.76. The lowest BCUT2D eigenvalue weighted by Gasteiger charge is -1.92. The average molecular weight is 134 g/mol. The van der Waals surface area contributed by atoms with Gasteiger partial charge < -0.3 is 5.73 Å². The van der Waals surface area contributed by atoms with E-state index in [1.165, 1.54) is 24.0 Å². The minimum Gasteiger partial charge on any atom is -0.355 e. The third-order valence-electron chi connectivity index (χ3n) is 2.14. The van der Waals surface area contributed by atoms with Gasteiger partial charge in [-0.05, 0) is 11.1 Å². The summed E-state index contributed by atoms with van der Waals surface area (Å²) in [6.07, 6.45) is 2.35. The van der Waals surface area contributed by atoms with Crippen molar-refractivity contribution in [1.29, 1.82) is 0 Å². The molecule has 0 spiro atoms. The van der Waals surface area contributed by atoms with Gasteiger partial charge in [-0.25, -0.2) is 0 Å². The van der Waals surface area contributed by atoms with Crippen LogP contribution in [0.15, 0.2) is 24.3 Å². The van der Waals surface area contributed by atoms with Crippen molar-refractivity contribution in [3.63, 3.8) is 0 Å². The molecule has 1 aromatic carbocycles. The summed E-state index contributed by atoms with van der Waals surface area (Å²) in [5, 5.41) is 0. The van der Waals surface area contributed by atoms with Crippen LogP contribution >= 0.6 is 0 Å². The maximum Gasteiger partial charge on any atom is 0.0925 e. The van der Waals surface area contributed by atoms with Crippen LogP contribution in [0.3, 0.4) is 0 Å². The van der Waals surface area contributed by atoms with Gasteiger partial charge in [-0.1, -0.05) is 24.3 Å². The number of fused-ring (bicyclic) bond motifs is 1. The summed E-state index contributed by atoms with van der Waals surface area (Å²) >= 11 is 0. The zero-order valence-electron chi connectivity index (χ0n) is 6.01. The van der Waals surface area contributed by atoms with Gasteiger partial charge in [0.25, 0.3) is 0 Å². The van der Waals surface area contributed by atoms with Gasteiger partial charge in [0.05, 0.1) is 6.04 Å². The third-order valence-corrected chi connectivity index (χ3v) is 2.14. The van der Waals surface area contributed by atoms with Crippen molar-refractivity contribution in [2.24, 2.45) is 0 Å². The molecule has 0 unspecified atom stereocenters. The second kappa shape index (κ2) is 2.10. The zero-order chi connectivity index (χ0) is 6.97. The van der Waals surface area contributed by atoms with Crippen molar-refractivity contribution in [3.05, 3.63) is 35.4 Å². The Morgan fingerprint density at radius 3 is 2.10 bits per heavy atom. The van der Waals surface area contributed by atoms with Gasteiger partial charge in [0, 0.05) is 12.8 Å². The molecule has 0 aliphatic heterocycles. The lowest BCUT2D eigenvalue weighted by Crippen LogP contribution is -2.61. The molecule has 0 bridgehead atoms. The van der Waals surface area contributed by atoms with Gasteiger partial charge >= 0.3 is 0 Å². The monoisotopic (exact) mass is 134 g/mol. The molecule has 0 saturated heterocycles. The van der Waals surface area contributed by atoms with E-state index in [1.807, 2.05) is 0 Å². The molecular weight excluding hydrogens is 122 g/mol. The van der Waals surface area contributed by atoms with E-state index in [9.17, 15) is 0 Å². The van der Waals surface area contributed by atoms with Gasteiger partial charge in [-0.3, -0.25) is 0 Å². The van der Waals surface area contributed by atoms with Crippen molar-refractivity contribution in [1.82, 2.24) is 0 Å². The fourth-order valence-electron chi connectivity index (χ4n) is 1.65. The van der Waals surface area contributed by atoms with E-state index >= 15 is 0 Å². The van der Waals surface area contributed by atoms with Crippen LogP contribution in [0.25, 0.3) is 0 Å². The first kappa shape index (κ1) is 5.93. The van der Waals surface area contributed by atoms with Crippen LogP contribution in [0.1, 0.15) is 11.1 Å². The molecule has 2 rings (SSSR count). The highest BCUT2D eigenvalue weighted by Crippen LogP contribution is 2.18. The average Bonchev–Trinajstić information content (AvgIpc) is 2.27. The quantitative estimate of drug-likeness (QED) is 0.532. The van der Waals surface area contributed by atoms with Gasteiger partial charge in [0.1, 0.15) is 0 Å². The molecule has 0 radical (unpaired) electrons. The Bertz CT molecular complexity index is 217. The third kappa shape index (κ3) is 0.830. The van der Waals surface area contributed by atoms with Gasteiger partial charge in [-0.15, -0.1) is 0 Å². The van der Waals surface area contributed by atoms with Gasteiger partial charge in [-0.2, -0.15) is 0 Å². The Morgan fingerprint density at radius 1 is 1.10 bits per heavy atom. The van der Waals surface area contributed by atoms with E-state index in [2.05, 4.69) is 30.0 Å². The van der Waals surface area contributed by atoms with Crippen molar-refractivity contribution in [2.75, 3.05) is 0 Å². The van der Waals surface area contributed by atoms with E-state index < -0.39 is 0 Å². The molecule has 1 nitrogen and oxygen atoms in total. The van der Waals surface area contributed by atoms with E-state index in [1.54, 1.807) is 0 Å². The molecule has 10 heavy (non-hydrogen) atoms. The summed E-state index contributed by atoms with van der Waals surface area (Å²) in [5.41, 5.74) is 7.06. The Labute approximate surface area is 60.9 Å². The molecule has 0 saturated carbocycles. The SMILES string of the molecule is [NH3+]C1Cc2ccccc2C1. The molecule has 0 aromatic heterocycles. The van der Waals surface area contributed by atoms with Crippen molar-refractivity contribution < 1.29 is 5.73 Å². The molecule has 0 atom stereocenters. The summed E-state index contributed by atoms with van der Waals surface area (Å²) < 4.78 is 0. The lowest BCUT2D eigenvalue weighted by molar-refractivity contribution is -0.416. The molecule has 0 heterocycles. The molecule has 1 heteroatoms. The number of benzene rings is 1. The Morgan fingerprint density at radius 2 is 1.60 bits per heavy atom. The Kier molecular flexibility index (Phi) is 1.24. The van der Waals surface area contributed by atoms with Gasteiger partial charge in [0.2, 0.25) is 0 Å². The van der Waals surface area contributed by atoms with Crippen LogP contribution in [0.5, 0.6) is 0 Å². The summed E-state index contributed by atoms with van der Waals surface area (Å²) in [6, 6.07) is 9.26. The van der Waals surface area contributed by atoms with Crippen LogP contribution in [0.4, 0.5) is 0 Å². The standard InChI is InChI=1S/C9H11N/c10-9-5-7-3-1-2-4-8(7)6-9/h1-4,9H,5-6,10H2/p+1. The summed E-state index contributed by atoms with van der Waals surface area (Å²) in [6.45, 7) is 0. The molecular formula is C9H12N+. The number of rotatable bonds is 0. The van der Waals surface area contributed by atoms with Gasteiger partial charge in [0.15, 0.2) is 0 Å². The van der Waals surface area contributed by atoms with E-state index in [0.717, 1.165) is 0 Å². The minimum atomic E-state index is 0.623. The normalized spacial score (nSPS) is 17.3. The summed E-state index contributed by atoms with van der Waals surface area (Å²) in [5.74, 6) is 0. The predicted molar refractivity (Wildman–Crippen MR) is 40.5 cm³/mol. The van der Waals surface area contributed by atoms with Crippen LogP contribution in [0.2, 0.25) is 0 Å². The van der Waals surface area contributed by atoms with Crippen molar-refractivity contribution in [2.45, 2.75) is 18.9 Å². The maximum absolute atomic E-state index is 4.05. The second-order valence-corrected chi connectivity index (χ2v) is 3.04.